The molecule has 0 fully saturated rings. The van der Waals surface area contributed by atoms with Crippen molar-refractivity contribution in [1.82, 2.24) is 0 Å². The predicted octanol–water partition coefficient (Wildman–Crippen LogP) is 3.92. The van der Waals surface area contributed by atoms with Crippen LogP contribution in [0.25, 0.3) is 0 Å². The molecule has 2 aromatic carbocycles. The van der Waals surface area contributed by atoms with Crippen molar-refractivity contribution < 1.29 is 25.6 Å². The fourth-order valence-corrected chi connectivity index (χ4v) is 0.987. The zero-order valence-electron chi connectivity index (χ0n) is 8.29. The maximum atomic E-state index is 12.3. The average Bonchev–Trinajstić information content (AvgIpc) is 2.80. The monoisotopic (exact) mass is 253 g/mol. The van der Waals surface area contributed by atoms with E-state index in [0.717, 1.165) is 6.92 Å². The molecule has 0 bridgehead atoms. The van der Waals surface area contributed by atoms with Crippen LogP contribution in [0.4, 0.5) is 8.78 Å². The molecule has 0 atom stereocenters. The van der Waals surface area contributed by atoms with Gasteiger partial charge in [-0.25, -0.2) is 33.0 Å². The molecule has 0 nitrogen and oxygen atoms in total. The third-order valence-corrected chi connectivity index (χ3v) is 1.73. The van der Waals surface area contributed by atoms with Crippen molar-refractivity contribution in [1.29, 1.82) is 0 Å². The maximum absolute atomic E-state index is 12.3. The minimum Gasteiger partial charge on any atom is -0.216 e. The Balaban J connectivity index is 0.000000280. The number of alkyl halides is 2. The van der Waals surface area contributed by atoms with Gasteiger partial charge in [0, 0.05) is 0 Å². The van der Waals surface area contributed by atoms with Crippen molar-refractivity contribution in [3.63, 3.8) is 0 Å². The molecule has 0 heterocycles. The van der Waals surface area contributed by atoms with E-state index >= 15 is 0 Å². The molecular weight excluding hydrogens is 241 g/mol. The zero-order chi connectivity index (χ0) is 10.4. The fourth-order valence-electron chi connectivity index (χ4n) is 0.987. The summed E-state index contributed by atoms with van der Waals surface area (Å²) in [5.74, 6) is -2.68. The van der Waals surface area contributed by atoms with E-state index in [0.29, 0.717) is 0 Å². The molecule has 0 saturated carbocycles. The van der Waals surface area contributed by atoms with Gasteiger partial charge in [-0.1, -0.05) is 5.56 Å². The van der Waals surface area contributed by atoms with Crippen LogP contribution in [0.3, 0.4) is 0 Å². The van der Waals surface area contributed by atoms with Crippen LogP contribution in [0, 0.1) is 0 Å². The molecule has 0 N–H and O–H groups in total. The first-order valence-corrected chi connectivity index (χ1v) is 4.37. The van der Waals surface area contributed by atoms with E-state index in [9.17, 15) is 8.78 Å². The van der Waals surface area contributed by atoms with E-state index in [1.54, 1.807) is 12.1 Å². The van der Waals surface area contributed by atoms with Gasteiger partial charge in [-0.3, -0.25) is 0 Å². The number of hydrogen-bond donors (Lipinski definition) is 0. The first-order chi connectivity index (χ1) is 6.61. The first-order valence-electron chi connectivity index (χ1n) is 4.37. The minimum absolute atomic E-state index is 0. The molecular formula is C12H12CoF2. The molecule has 15 heavy (non-hydrogen) atoms. The van der Waals surface area contributed by atoms with Gasteiger partial charge < -0.3 is 0 Å². The van der Waals surface area contributed by atoms with Crippen LogP contribution in [-0.4, -0.2) is 0 Å². The van der Waals surface area contributed by atoms with E-state index in [1.165, 1.54) is 12.1 Å². The van der Waals surface area contributed by atoms with Crippen molar-refractivity contribution in [2.24, 2.45) is 0 Å². The zero-order valence-corrected chi connectivity index (χ0v) is 9.33. The number of rotatable bonds is 1. The Morgan fingerprint density at radius 2 is 1.47 bits per heavy atom. The topological polar surface area (TPSA) is 0 Å². The Morgan fingerprint density at radius 1 is 1.00 bits per heavy atom. The molecule has 0 aliphatic rings. The van der Waals surface area contributed by atoms with Crippen molar-refractivity contribution >= 4 is 0 Å². The van der Waals surface area contributed by atoms with Gasteiger partial charge in [-0.2, -0.15) is 30.3 Å². The second-order valence-electron chi connectivity index (χ2n) is 3.02. The Labute approximate surface area is 98.9 Å². The van der Waals surface area contributed by atoms with Gasteiger partial charge in [0.2, 0.25) is 5.92 Å². The molecule has 0 aliphatic heterocycles. The summed E-state index contributed by atoms with van der Waals surface area (Å²) in [6.45, 7) is 0.891. The van der Waals surface area contributed by atoms with E-state index in [1.807, 2.05) is 30.3 Å². The molecule has 0 unspecified atom stereocenters. The van der Waals surface area contributed by atoms with Crippen LogP contribution < -0.4 is 0 Å². The van der Waals surface area contributed by atoms with Crippen LogP contribution in [-0.2, 0) is 22.7 Å². The summed E-state index contributed by atoms with van der Waals surface area (Å²) in [5.41, 5.74) is 0.0856. The third kappa shape index (κ3) is 5.49. The van der Waals surface area contributed by atoms with Crippen LogP contribution in [0.2, 0.25) is 0 Å². The molecule has 0 aromatic heterocycles. The smallest absolute Gasteiger partial charge is 0.216 e. The first kappa shape index (κ1) is 14.1. The summed E-state index contributed by atoms with van der Waals surface area (Å²) in [4.78, 5) is 0. The molecule has 2 aromatic rings. The van der Waals surface area contributed by atoms with E-state index in [-0.39, 0.29) is 22.3 Å². The second-order valence-corrected chi connectivity index (χ2v) is 3.02. The normalized spacial score (nSPS) is 9.80. The predicted molar refractivity (Wildman–Crippen MR) is 53.6 cm³/mol. The van der Waals surface area contributed by atoms with Crippen molar-refractivity contribution in [2.75, 3.05) is 0 Å². The molecule has 0 saturated heterocycles. The Bertz CT molecular complexity index is 300. The summed E-state index contributed by atoms with van der Waals surface area (Å²) < 4.78 is 24.6. The summed E-state index contributed by atoms with van der Waals surface area (Å²) in [6, 6.07) is 16.0. The van der Waals surface area contributed by atoms with Gasteiger partial charge in [-0.05, 0) is 6.92 Å². The molecule has 3 heteroatoms. The fraction of sp³-hybridized carbons (Fsp3) is 0.167. The molecule has 0 amide bonds. The molecule has 0 aliphatic carbocycles. The molecule has 1 radical (unpaired) electrons. The minimum atomic E-state index is -2.68. The summed E-state index contributed by atoms with van der Waals surface area (Å²) in [6.07, 6.45) is 0. The van der Waals surface area contributed by atoms with Gasteiger partial charge in [0.25, 0.3) is 0 Å². The Kier molecular flexibility index (Phi) is 6.13. The molecule has 83 valence electrons. The van der Waals surface area contributed by atoms with E-state index in [2.05, 4.69) is 0 Å². The van der Waals surface area contributed by atoms with Crippen LogP contribution in [0.15, 0.2) is 54.6 Å². The van der Waals surface area contributed by atoms with Crippen LogP contribution in [0.1, 0.15) is 12.5 Å². The van der Waals surface area contributed by atoms with Gasteiger partial charge >= 0.3 is 16.8 Å². The van der Waals surface area contributed by atoms with Gasteiger partial charge in [0.1, 0.15) is 0 Å². The summed E-state index contributed by atoms with van der Waals surface area (Å²) in [5, 5.41) is 0. The second kappa shape index (κ2) is 6.53. The maximum Gasteiger partial charge on any atom is 2.00 e. The van der Waals surface area contributed by atoms with Crippen molar-refractivity contribution in [2.45, 2.75) is 12.8 Å². The van der Waals surface area contributed by atoms with E-state index in [4.69, 9.17) is 0 Å². The Hall–Kier alpha value is -0.934. The largest absolute Gasteiger partial charge is 2.00 e. The Morgan fingerprint density at radius 3 is 1.67 bits per heavy atom. The van der Waals surface area contributed by atoms with Gasteiger partial charge in [-0.15, -0.1) is 0 Å². The van der Waals surface area contributed by atoms with Crippen LogP contribution >= 0.6 is 0 Å². The molecule has 0 spiro atoms. The molecule has 2 rings (SSSR count). The summed E-state index contributed by atoms with van der Waals surface area (Å²) in [7, 11) is 0. The third-order valence-electron chi connectivity index (χ3n) is 1.73. The van der Waals surface area contributed by atoms with Crippen LogP contribution in [0.5, 0.6) is 0 Å². The average molecular weight is 253 g/mol. The van der Waals surface area contributed by atoms with E-state index < -0.39 is 5.92 Å². The van der Waals surface area contributed by atoms with Gasteiger partial charge in [0.15, 0.2) is 0 Å². The van der Waals surface area contributed by atoms with Crippen molar-refractivity contribution in [3.05, 3.63) is 60.2 Å². The SMILES string of the molecule is CC(F)(F)[c-]1cccc1.[Co+2].c1cc[cH-]c1. The van der Waals surface area contributed by atoms with Crippen molar-refractivity contribution in [3.8, 4) is 0 Å². The number of hydrogen-bond acceptors (Lipinski definition) is 0. The summed E-state index contributed by atoms with van der Waals surface area (Å²) >= 11 is 0. The quantitative estimate of drug-likeness (QED) is 0.676. The number of halogens is 2. The standard InChI is InChI=1S/C7H7F2.C5H5.Co/c1-7(8,9)6-4-2-3-5-6;1-2-4-5-3-1;/h2-5H,1H3;1-5H;/q2*-1;+2. The van der Waals surface area contributed by atoms with Gasteiger partial charge in [0.05, 0.1) is 0 Å².